The second-order valence-electron chi connectivity index (χ2n) is 2.85. The average Bonchev–Trinajstić information content (AvgIpc) is 2.10. The molecule has 1 rings (SSSR count). The Hall–Kier alpha value is -1.06. The minimum Gasteiger partial charge on any atom is -0.418 e. The summed E-state index contributed by atoms with van der Waals surface area (Å²) in [6, 6.07) is 3.11. The number of aryl methyl sites for hydroxylation is 1. The number of halogens is 3. The number of ether oxygens (including phenoxy) is 1. The van der Waals surface area contributed by atoms with Gasteiger partial charge in [0.05, 0.1) is 10.0 Å². The van der Waals surface area contributed by atoms with E-state index in [2.05, 4.69) is 11.3 Å². The van der Waals surface area contributed by atoms with Gasteiger partial charge in [-0.2, -0.15) is 4.39 Å². The molecule has 2 nitrogen and oxygen atoms in total. The fourth-order valence-corrected chi connectivity index (χ4v) is 1.61. The summed E-state index contributed by atoms with van der Waals surface area (Å²) in [7, 11) is 0. The number of carbonyl (C=O) groups excluding carboxylic acids is 1. The lowest BCUT2D eigenvalue weighted by Gasteiger charge is -2.07. The number of esters is 1. The van der Waals surface area contributed by atoms with Crippen LogP contribution in [0.3, 0.4) is 0 Å². The van der Waals surface area contributed by atoms with Crippen molar-refractivity contribution < 1.29 is 13.9 Å². The average molecular weight is 249 g/mol. The molecule has 0 radical (unpaired) electrons. The van der Waals surface area contributed by atoms with Crippen molar-refractivity contribution in [2.75, 3.05) is 0 Å². The van der Waals surface area contributed by atoms with E-state index >= 15 is 0 Å². The van der Waals surface area contributed by atoms with Crippen molar-refractivity contribution in [2.24, 2.45) is 0 Å². The molecule has 0 saturated carbocycles. The first-order chi connectivity index (χ1) is 6.91. The molecule has 0 atom stereocenters. The predicted molar refractivity (Wildman–Crippen MR) is 57.1 cm³/mol. The highest BCUT2D eigenvalue weighted by Gasteiger charge is 2.15. The molecule has 0 heterocycles. The standard InChI is InChI=1S/C10H7Cl2FO2/c1-5-3-7(11)9(8(12)4-5)15-10(14)6(2)13/h3-4H,2H2,1H3. The van der Waals surface area contributed by atoms with Crippen LogP contribution in [0.15, 0.2) is 24.5 Å². The zero-order valence-electron chi connectivity index (χ0n) is 7.81. The van der Waals surface area contributed by atoms with Crippen molar-refractivity contribution in [2.45, 2.75) is 6.92 Å². The highest BCUT2D eigenvalue weighted by Crippen LogP contribution is 2.34. The van der Waals surface area contributed by atoms with E-state index in [4.69, 9.17) is 23.2 Å². The van der Waals surface area contributed by atoms with E-state index in [9.17, 15) is 9.18 Å². The van der Waals surface area contributed by atoms with Crippen LogP contribution in [0.5, 0.6) is 5.75 Å². The fraction of sp³-hybridized carbons (Fsp3) is 0.100. The van der Waals surface area contributed by atoms with Gasteiger partial charge < -0.3 is 4.74 Å². The molecule has 0 aliphatic carbocycles. The van der Waals surface area contributed by atoms with Gasteiger partial charge in [-0.3, -0.25) is 0 Å². The fourth-order valence-electron chi connectivity index (χ4n) is 0.932. The van der Waals surface area contributed by atoms with Crippen LogP contribution in [0.2, 0.25) is 10.0 Å². The third-order valence-electron chi connectivity index (χ3n) is 1.56. The SMILES string of the molecule is C=C(F)C(=O)Oc1c(Cl)cc(C)cc1Cl. The van der Waals surface area contributed by atoms with Gasteiger partial charge in [0.1, 0.15) is 0 Å². The molecular formula is C10H7Cl2FO2. The lowest BCUT2D eigenvalue weighted by molar-refractivity contribution is -0.131. The van der Waals surface area contributed by atoms with Crippen molar-refractivity contribution >= 4 is 29.2 Å². The topological polar surface area (TPSA) is 26.3 Å². The summed E-state index contributed by atoms with van der Waals surface area (Å²) in [6.45, 7) is 4.58. The minimum atomic E-state index is -1.21. The molecule has 0 unspecified atom stereocenters. The van der Waals surface area contributed by atoms with Gasteiger partial charge in [-0.25, -0.2) is 4.79 Å². The third kappa shape index (κ3) is 2.94. The maximum atomic E-state index is 12.4. The zero-order valence-corrected chi connectivity index (χ0v) is 9.32. The van der Waals surface area contributed by atoms with Crippen LogP contribution < -0.4 is 4.74 Å². The molecule has 0 fully saturated rings. The van der Waals surface area contributed by atoms with Crippen LogP contribution in [0.4, 0.5) is 4.39 Å². The van der Waals surface area contributed by atoms with Crippen LogP contribution in [-0.4, -0.2) is 5.97 Å². The molecule has 0 amide bonds. The molecule has 0 aliphatic rings. The van der Waals surface area contributed by atoms with E-state index in [1.807, 2.05) is 0 Å². The number of hydrogen-bond acceptors (Lipinski definition) is 2. The van der Waals surface area contributed by atoms with Gasteiger partial charge in [0.2, 0.25) is 5.83 Å². The first kappa shape index (κ1) is 12.0. The van der Waals surface area contributed by atoms with Gasteiger partial charge in [-0.1, -0.05) is 29.8 Å². The first-order valence-electron chi connectivity index (χ1n) is 3.94. The van der Waals surface area contributed by atoms with Crippen LogP contribution in [0, 0.1) is 6.92 Å². The van der Waals surface area contributed by atoms with Gasteiger partial charge in [0.25, 0.3) is 0 Å². The number of rotatable bonds is 2. The van der Waals surface area contributed by atoms with Crippen molar-refractivity contribution in [3.8, 4) is 5.75 Å². The Morgan fingerprint density at radius 3 is 2.27 bits per heavy atom. The Kier molecular flexibility index (Phi) is 3.72. The quantitative estimate of drug-likeness (QED) is 0.454. The number of carbonyl (C=O) groups is 1. The molecule has 0 aromatic heterocycles. The molecule has 0 saturated heterocycles. The van der Waals surface area contributed by atoms with E-state index < -0.39 is 11.8 Å². The van der Waals surface area contributed by atoms with Crippen molar-refractivity contribution in [3.63, 3.8) is 0 Å². The molecule has 80 valence electrons. The number of hydrogen-bond donors (Lipinski definition) is 0. The Balaban J connectivity index is 3.05. The summed E-state index contributed by atoms with van der Waals surface area (Å²) >= 11 is 11.5. The maximum Gasteiger partial charge on any atom is 0.372 e. The summed E-state index contributed by atoms with van der Waals surface area (Å²) in [5.41, 5.74) is 0.809. The van der Waals surface area contributed by atoms with E-state index in [-0.39, 0.29) is 15.8 Å². The van der Waals surface area contributed by atoms with Crippen LogP contribution in [0.25, 0.3) is 0 Å². The Bertz CT molecular complexity index is 406. The van der Waals surface area contributed by atoms with E-state index in [0.29, 0.717) is 0 Å². The van der Waals surface area contributed by atoms with Gasteiger partial charge in [0, 0.05) is 0 Å². The molecule has 1 aromatic rings. The molecular weight excluding hydrogens is 242 g/mol. The lowest BCUT2D eigenvalue weighted by Crippen LogP contribution is -2.08. The monoisotopic (exact) mass is 248 g/mol. The Labute approximate surface area is 96.2 Å². The zero-order chi connectivity index (χ0) is 11.6. The Morgan fingerprint density at radius 1 is 1.40 bits per heavy atom. The van der Waals surface area contributed by atoms with Gasteiger partial charge in [0.15, 0.2) is 5.75 Å². The summed E-state index contributed by atoms with van der Waals surface area (Å²) in [4.78, 5) is 10.9. The molecule has 0 bridgehead atoms. The first-order valence-corrected chi connectivity index (χ1v) is 4.69. The summed E-state index contributed by atoms with van der Waals surface area (Å²) in [6.07, 6.45) is 0. The third-order valence-corrected chi connectivity index (χ3v) is 2.12. The van der Waals surface area contributed by atoms with Crippen LogP contribution >= 0.6 is 23.2 Å². The largest absolute Gasteiger partial charge is 0.418 e. The molecule has 1 aromatic carbocycles. The van der Waals surface area contributed by atoms with Gasteiger partial charge in [-0.05, 0) is 24.6 Å². The molecule has 0 spiro atoms. The van der Waals surface area contributed by atoms with Gasteiger partial charge >= 0.3 is 5.97 Å². The van der Waals surface area contributed by atoms with Crippen molar-refractivity contribution in [1.29, 1.82) is 0 Å². The predicted octanol–water partition coefficient (Wildman–Crippen LogP) is 3.69. The van der Waals surface area contributed by atoms with Gasteiger partial charge in [-0.15, -0.1) is 0 Å². The summed E-state index contributed by atoms with van der Waals surface area (Å²) in [5, 5.41) is 0.296. The summed E-state index contributed by atoms with van der Waals surface area (Å²) in [5.74, 6) is -2.47. The highest BCUT2D eigenvalue weighted by molar-refractivity contribution is 6.37. The second kappa shape index (κ2) is 4.64. The Morgan fingerprint density at radius 2 is 1.87 bits per heavy atom. The normalized spacial score (nSPS) is 9.87. The van der Waals surface area contributed by atoms with E-state index in [0.717, 1.165) is 5.56 Å². The molecule has 0 N–H and O–H groups in total. The van der Waals surface area contributed by atoms with Crippen molar-refractivity contribution in [1.82, 2.24) is 0 Å². The minimum absolute atomic E-state index is 0.0623. The summed E-state index contributed by atoms with van der Waals surface area (Å²) < 4.78 is 17.0. The second-order valence-corrected chi connectivity index (χ2v) is 3.67. The van der Waals surface area contributed by atoms with E-state index in [1.54, 1.807) is 19.1 Å². The molecule has 15 heavy (non-hydrogen) atoms. The molecule has 5 heteroatoms. The van der Waals surface area contributed by atoms with Crippen LogP contribution in [-0.2, 0) is 4.79 Å². The van der Waals surface area contributed by atoms with Crippen molar-refractivity contribution in [3.05, 3.63) is 40.1 Å². The van der Waals surface area contributed by atoms with Crippen LogP contribution in [0.1, 0.15) is 5.56 Å². The number of benzene rings is 1. The lowest BCUT2D eigenvalue weighted by atomic mass is 10.2. The highest BCUT2D eigenvalue weighted by atomic mass is 35.5. The maximum absolute atomic E-state index is 12.4. The smallest absolute Gasteiger partial charge is 0.372 e. The van der Waals surface area contributed by atoms with E-state index in [1.165, 1.54) is 0 Å². The molecule has 0 aliphatic heterocycles.